The summed E-state index contributed by atoms with van der Waals surface area (Å²) in [4.78, 5) is 21.0. The molecule has 1 aliphatic rings. The molecule has 29 heavy (non-hydrogen) atoms. The van der Waals surface area contributed by atoms with Gasteiger partial charge in [-0.3, -0.25) is 9.69 Å². The Morgan fingerprint density at radius 1 is 1.10 bits per heavy atom. The van der Waals surface area contributed by atoms with Gasteiger partial charge in [-0.2, -0.15) is 4.98 Å². The predicted octanol–water partition coefficient (Wildman–Crippen LogP) is 3.07. The molecule has 4 rings (SSSR count). The lowest BCUT2D eigenvalue weighted by Gasteiger charge is -2.34. The van der Waals surface area contributed by atoms with Crippen LogP contribution in [0.2, 0.25) is 0 Å². The number of amides is 1. The lowest BCUT2D eigenvalue weighted by atomic mass is 10.1. The molecule has 6 nitrogen and oxygen atoms in total. The lowest BCUT2D eigenvalue weighted by Crippen LogP contribution is -2.48. The standard InChI is InChI=1S/C22H23FN4O2/c1-16-7-8-18(14-19(16)23)22(28)27-11-9-26(10-12-27)15-21-24-20(25-29-21)13-17-5-3-2-4-6-17/h2-8,14H,9-13,15H2,1H3. The Kier molecular flexibility index (Phi) is 5.67. The third kappa shape index (κ3) is 4.68. The van der Waals surface area contributed by atoms with Crippen LogP contribution >= 0.6 is 0 Å². The average molecular weight is 394 g/mol. The molecule has 1 aliphatic heterocycles. The first kappa shape index (κ1) is 19.3. The summed E-state index contributed by atoms with van der Waals surface area (Å²) in [5, 5.41) is 4.06. The number of carbonyl (C=O) groups is 1. The average Bonchev–Trinajstić information content (AvgIpc) is 3.17. The van der Waals surface area contributed by atoms with Crippen LogP contribution in [0.25, 0.3) is 0 Å². The maximum atomic E-state index is 13.7. The maximum Gasteiger partial charge on any atom is 0.254 e. The number of hydrogen-bond donors (Lipinski definition) is 0. The third-order valence-corrected chi connectivity index (χ3v) is 5.15. The van der Waals surface area contributed by atoms with Crippen LogP contribution in [-0.2, 0) is 13.0 Å². The molecule has 0 N–H and O–H groups in total. The van der Waals surface area contributed by atoms with Crippen LogP contribution in [0, 0.1) is 12.7 Å². The van der Waals surface area contributed by atoms with Gasteiger partial charge in [-0.05, 0) is 30.2 Å². The molecule has 0 spiro atoms. The van der Waals surface area contributed by atoms with Crippen molar-refractivity contribution in [1.82, 2.24) is 19.9 Å². The van der Waals surface area contributed by atoms with Crippen LogP contribution in [-0.4, -0.2) is 52.0 Å². The number of rotatable bonds is 5. The Bertz CT molecular complexity index is 981. The van der Waals surface area contributed by atoms with E-state index in [1.807, 2.05) is 30.3 Å². The molecule has 0 unspecified atom stereocenters. The van der Waals surface area contributed by atoms with E-state index in [1.165, 1.54) is 6.07 Å². The summed E-state index contributed by atoms with van der Waals surface area (Å²) < 4.78 is 19.1. The Morgan fingerprint density at radius 2 is 1.86 bits per heavy atom. The summed E-state index contributed by atoms with van der Waals surface area (Å²) >= 11 is 0. The van der Waals surface area contributed by atoms with E-state index in [0.29, 0.717) is 62.0 Å². The zero-order chi connectivity index (χ0) is 20.2. The molecule has 1 saturated heterocycles. The highest BCUT2D eigenvalue weighted by molar-refractivity contribution is 5.94. The van der Waals surface area contributed by atoms with Crippen molar-refractivity contribution >= 4 is 5.91 Å². The van der Waals surface area contributed by atoms with Crippen molar-refractivity contribution in [2.24, 2.45) is 0 Å². The number of piperazine rings is 1. The van der Waals surface area contributed by atoms with Crippen molar-refractivity contribution in [3.8, 4) is 0 Å². The second-order valence-corrected chi connectivity index (χ2v) is 7.30. The molecule has 0 bridgehead atoms. The smallest absolute Gasteiger partial charge is 0.254 e. The fourth-order valence-corrected chi connectivity index (χ4v) is 3.41. The first-order chi connectivity index (χ1) is 14.1. The van der Waals surface area contributed by atoms with E-state index < -0.39 is 0 Å². The van der Waals surface area contributed by atoms with Gasteiger partial charge in [0.05, 0.1) is 6.54 Å². The highest BCUT2D eigenvalue weighted by atomic mass is 19.1. The number of nitrogens with zero attached hydrogens (tertiary/aromatic N) is 4. The summed E-state index contributed by atoms with van der Waals surface area (Å²) in [5.74, 6) is 0.765. The summed E-state index contributed by atoms with van der Waals surface area (Å²) in [6.07, 6.45) is 0.639. The van der Waals surface area contributed by atoms with Crippen molar-refractivity contribution in [1.29, 1.82) is 0 Å². The molecule has 0 aliphatic carbocycles. The van der Waals surface area contributed by atoms with E-state index in [-0.39, 0.29) is 11.7 Å². The lowest BCUT2D eigenvalue weighted by molar-refractivity contribution is 0.0614. The minimum atomic E-state index is -0.350. The molecule has 0 radical (unpaired) electrons. The predicted molar refractivity (Wildman–Crippen MR) is 106 cm³/mol. The Hall–Kier alpha value is -3.06. The van der Waals surface area contributed by atoms with E-state index in [1.54, 1.807) is 24.0 Å². The van der Waals surface area contributed by atoms with Crippen LogP contribution in [0.15, 0.2) is 53.1 Å². The number of carbonyl (C=O) groups excluding carboxylic acids is 1. The first-order valence-electron chi connectivity index (χ1n) is 9.71. The molecular weight excluding hydrogens is 371 g/mol. The Labute approximate surface area is 168 Å². The van der Waals surface area contributed by atoms with E-state index in [2.05, 4.69) is 15.0 Å². The molecule has 1 aromatic heterocycles. The molecule has 7 heteroatoms. The molecule has 150 valence electrons. The van der Waals surface area contributed by atoms with Crippen LogP contribution in [0.4, 0.5) is 4.39 Å². The Balaban J connectivity index is 1.30. The molecule has 1 fully saturated rings. The van der Waals surface area contributed by atoms with Crippen LogP contribution in [0.1, 0.15) is 33.2 Å². The number of benzene rings is 2. The monoisotopic (exact) mass is 394 g/mol. The van der Waals surface area contributed by atoms with Gasteiger partial charge in [0.1, 0.15) is 5.82 Å². The Morgan fingerprint density at radius 3 is 2.59 bits per heavy atom. The van der Waals surface area contributed by atoms with Gasteiger partial charge in [-0.25, -0.2) is 4.39 Å². The first-order valence-corrected chi connectivity index (χ1v) is 9.71. The zero-order valence-electron chi connectivity index (χ0n) is 16.3. The highest BCUT2D eigenvalue weighted by Gasteiger charge is 2.24. The summed E-state index contributed by atoms with van der Waals surface area (Å²) in [6, 6.07) is 14.7. The van der Waals surface area contributed by atoms with E-state index >= 15 is 0 Å². The summed E-state index contributed by atoms with van der Waals surface area (Å²) in [7, 11) is 0. The molecule has 1 amide bonds. The van der Waals surface area contributed by atoms with Crippen molar-refractivity contribution in [3.05, 3.63) is 82.8 Å². The second kappa shape index (κ2) is 8.53. The number of halogens is 1. The zero-order valence-corrected chi connectivity index (χ0v) is 16.3. The van der Waals surface area contributed by atoms with E-state index in [9.17, 15) is 9.18 Å². The SMILES string of the molecule is Cc1ccc(C(=O)N2CCN(Cc3nc(Cc4ccccc4)no3)CC2)cc1F. The molecule has 2 heterocycles. The molecule has 3 aromatic rings. The van der Waals surface area contributed by atoms with Gasteiger partial charge >= 0.3 is 0 Å². The van der Waals surface area contributed by atoms with Crippen LogP contribution in [0.5, 0.6) is 0 Å². The summed E-state index contributed by atoms with van der Waals surface area (Å²) in [6.45, 7) is 4.82. The van der Waals surface area contributed by atoms with Crippen molar-refractivity contribution < 1.29 is 13.7 Å². The van der Waals surface area contributed by atoms with Crippen LogP contribution < -0.4 is 0 Å². The van der Waals surface area contributed by atoms with Crippen LogP contribution in [0.3, 0.4) is 0 Å². The van der Waals surface area contributed by atoms with Crippen molar-refractivity contribution in [2.75, 3.05) is 26.2 Å². The normalized spacial score (nSPS) is 14.9. The molecular formula is C22H23FN4O2. The molecule has 2 aromatic carbocycles. The largest absolute Gasteiger partial charge is 0.338 e. The minimum absolute atomic E-state index is 0.133. The quantitative estimate of drug-likeness (QED) is 0.666. The molecule has 0 saturated carbocycles. The van der Waals surface area contributed by atoms with Gasteiger partial charge in [0, 0.05) is 38.2 Å². The topological polar surface area (TPSA) is 62.5 Å². The number of aryl methyl sites for hydroxylation is 1. The minimum Gasteiger partial charge on any atom is -0.338 e. The van der Waals surface area contributed by atoms with Gasteiger partial charge in [0.2, 0.25) is 5.89 Å². The third-order valence-electron chi connectivity index (χ3n) is 5.15. The summed E-state index contributed by atoms with van der Waals surface area (Å²) in [5.41, 5.74) is 2.07. The number of hydrogen-bond acceptors (Lipinski definition) is 5. The van der Waals surface area contributed by atoms with Gasteiger partial charge in [0.25, 0.3) is 5.91 Å². The van der Waals surface area contributed by atoms with E-state index in [4.69, 9.17) is 4.52 Å². The fourth-order valence-electron chi connectivity index (χ4n) is 3.41. The van der Waals surface area contributed by atoms with Crippen molar-refractivity contribution in [2.45, 2.75) is 19.9 Å². The van der Waals surface area contributed by atoms with Gasteiger partial charge in [-0.15, -0.1) is 0 Å². The fraction of sp³-hybridized carbons (Fsp3) is 0.318. The number of aromatic nitrogens is 2. The second-order valence-electron chi connectivity index (χ2n) is 7.30. The van der Waals surface area contributed by atoms with Gasteiger partial charge < -0.3 is 9.42 Å². The van der Waals surface area contributed by atoms with Gasteiger partial charge in [-0.1, -0.05) is 41.6 Å². The van der Waals surface area contributed by atoms with Gasteiger partial charge in [0.15, 0.2) is 5.82 Å². The maximum absolute atomic E-state index is 13.7. The van der Waals surface area contributed by atoms with E-state index in [0.717, 1.165) is 5.56 Å². The highest BCUT2D eigenvalue weighted by Crippen LogP contribution is 2.14. The molecule has 0 atom stereocenters. The van der Waals surface area contributed by atoms with Crippen molar-refractivity contribution in [3.63, 3.8) is 0 Å².